The van der Waals surface area contributed by atoms with Gasteiger partial charge < -0.3 is 10.2 Å². The van der Waals surface area contributed by atoms with E-state index in [9.17, 15) is 4.79 Å². The van der Waals surface area contributed by atoms with Crippen LogP contribution in [0.3, 0.4) is 0 Å². The van der Waals surface area contributed by atoms with Crippen molar-refractivity contribution in [2.24, 2.45) is 0 Å². The summed E-state index contributed by atoms with van der Waals surface area (Å²) in [6, 6.07) is 1.85. The maximum absolute atomic E-state index is 11.8. The molecule has 6 heteroatoms. The Hall–Kier alpha value is 0.0900. The lowest BCUT2D eigenvalue weighted by molar-refractivity contribution is 0.0954. The maximum atomic E-state index is 11.8. The van der Waals surface area contributed by atoms with Gasteiger partial charge in [-0.05, 0) is 63.9 Å². The number of carbonyl (C=O) groups is 1. The van der Waals surface area contributed by atoms with Gasteiger partial charge in [0.05, 0.1) is 8.66 Å². The van der Waals surface area contributed by atoms with E-state index in [-0.39, 0.29) is 5.91 Å². The van der Waals surface area contributed by atoms with Gasteiger partial charge in [-0.3, -0.25) is 4.79 Å². The molecule has 1 aromatic rings. The Kier molecular flexibility index (Phi) is 5.02. The van der Waals surface area contributed by atoms with Crippen LogP contribution in [0.15, 0.2) is 14.3 Å². The summed E-state index contributed by atoms with van der Waals surface area (Å²) in [5.41, 5.74) is 0. The summed E-state index contributed by atoms with van der Waals surface area (Å²) in [5.74, 6) is 0.0144. The Balaban J connectivity index is 1.76. The van der Waals surface area contributed by atoms with E-state index in [4.69, 9.17) is 0 Å². The molecule has 2 heterocycles. The smallest absolute Gasteiger partial charge is 0.261 e. The fourth-order valence-corrected chi connectivity index (χ4v) is 3.83. The third-order valence-electron chi connectivity index (χ3n) is 2.78. The molecule has 0 radical (unpaired) electrons. The number of nitrogens with one attached hydrogen (secondary N) is 1. The number of thiophene rings is 1. The standard InChI is InChI=1S/C11H14Br2N2OS/c12-8-7-9(17-10(8)13)11(16)14-3-6-15-4-1-2-5-15/h7H,1-6H2,(H,14,16). The monoisotopic (exact) mass is 380 g/mol. The van der Waals surface area contributed by atoms with E-state index in [1.54, 1.807) is 0 Å². The number of amides is 1. The van der Waals surface area contributed by atoms with Crippen molar-refractivity contribution in [2.75, 3.05) is 26.2 Å². The largest absolute Gasteiger partial charge is 0.350 e. The van der Waals surface area contributed by atoms with Crippen LogP contribution in [0.1, 0.15) is 22.5 Å². The van der Waals surface area contributed by atoms with E-state index in [0.29, 0.717) is 0 Å². The topological polar surface area (TPSA) is 32.3 Å². The second-order valence-corrected chi connectivity index (χ2v) is 7.26. The predicted octanol–water partition coefficient (Wildman–Crippen LogP) is 3.10. The first-order chi connectivity index (χ1) is 8.16. The number of likely N-dealkylation sites (tertiary alicyclic amines) is 1. The maximum Gasteiger partial charge on any atom is 0.261 e. The molecule has 1 aromatic heterocycles. The number of hydrogen-bond acceptors (Lipinski definition) is 3. The van der Waals surface area contributed by atoms with Crippen LogP contribution in [0, 0.1) is 0 Å². The minimum absolute atomic E-state index is 0.0144. The first-order valence-corrected chi connectivity index (χ1v) is 8.02. The van der Waals surface area contributed by atoms with Gasteiger partial charge in [0, 0.05) is 17.6 Å². The van der Waals surface area contributed by atoms with Gasteiger partial charge in [0.2, 0.25) is 0 Å². The molecule has 17 heavy (non-hydrogen) atoms. The number of rotatable bonds is 4. The molecule has 0 atom stereocenters. The highest BCUT2D eigenvalue weighted by Gasteiger charge is 2.13. The lowest BCUT2D eigenvalue weighted by Gasteiger charge is -2.14. The van der Waals surface area contributed by atoms with Crippen LogP contribution in [0.4, 0.5) is 0 Å². The van der Waals surface area contributed by atoms with Gasteiger partial charge in [0.15, 0.2) is 0 Å². The zero-order valence-electron chi connectivity index (χ0n) is 9.34. The third kappa shape index (κ3) is 3.77. The molecule has 0 unspecified atom stereocenters. The van der Waals surface area contributed by atoms with Crippen LogP contribution in [0.25, 0.3) is 0 Å². The summed E-state index contributed by atoms with van der Waals surface area (Å²) in [5, 5.41) is 2.95. The highest BCUT2D eigenvalue weighted by Crippen LogP contribution is 2.32. The summed E-state index contributed by atoms with van der Waals surface area (Å²) >= 11 is 8.22. The van der Waals surface area contributed by atoms with Crippen LogP contribution in [-0.4, -0.2) is 37.0 Å². The van der Waals surface area contributed by atoms with E-state index in [2.05, 4.69) is 42.1 Å². The van der Waals surface area contributed by atoms with Gasteiger partial charge in [0.25, 0.3) is 5.91 Å². The molecule has 94 valence electrons. The lowest BCUT2D eigenvalue weighted by Crippen LogP contribution is -2.33. The van der Waals surface area contributed by atoms with Crippen LogP contribution in [-0.2, 0) is 0 Å². The van der Waals surface area contributed by atoms with Gasteiger partial charge in [-0.25, -0.2) is 0 Å². The van der Waals surface area contributed by atoms with Crippen molar-refractivity contribution < 1.29 is 4.79 Å². The fourth-order valence-electron chi connectivity index (χ4n) is 1.88. The molecule has 1 N–H and O–H groups in total. The Bertz CT molecular complexity index is 383. The average molecular weight is 382 g/mol. The number of carbonyl (C=O) groups excluding carboxylic acids is 1. The number of hydrogen-bond donors (Lipinski definition) is 1. The first kappa shape index (κ1) is 13.5. The summed E-state index contributed by atoms with van der Waals surface area (Å²) in [7, 11) is 0. The summed E-state index contributed by atoms with van der Waals surface area (Å²) < 4.78 is 1.90. The van der Waals surface area contributed by atoms with Gasteiger partial charge in [-0.1, -0.05) is 0 Å². The minimum atomic E-state index is 0.0144. The molecular weight excluding hydrogens is 368 g/mol. The van der Waals surface area contributed by atoms with Crippen LogP contribution < -0.4 is 5.32 Å². The molecule has 0 aliphatic carbocycles. The van der Waals surface area contributed by atoms with Crippen molar-refractivity contribution in [2.45, 2.75) is 12.8 Å². The van der Waals surface area contributed by atoms with E-state index < -0.39 is 0 Å². The van der Waals surface area contributed by atoms with E-state index >= 15 is 0 Å². The molecule has 1 amide bonds. The minimum Gasteiger partial charge on any atom is -0.350 e. The van der Waals surface area contributed by atoms with Gasteiger partial charge in [-0.15, -0.1) is 11.3 Å². The third-order valence-corrected chi connectivity index (χ3v) is 6.04. The normalized spacial score (nSPS) is 16.4. The highest BCUT2D eigenvalue weighted by atomic mass is 79.9. The van der Waals surface area contributed by atoms with Gasteiger partial charge >= 0.3 is 0 Å². The zero-order valence-corrected chi connectivity index (χ0v) is 13.3. The quantitative estimate of drug-likeness (QED) is 0.868. The number of nitrogens with zero attached hydrogens (tertiary/aromatic N) is 1. The van der Waals surface area contributed by atoms with Crippen molar-refractivity contribution in [1.82, 2.24) is 10.2 Å². The highest BCUT2D eigenvalue weighted by molar-refractivity contribution is 9.13. The Labute approximate surface area is 122 Å². The van der Waals surface area contributed by atoms with E-state index in [1.165, 1.54) is 37.3 Å². The average Bonchev–Trinajstić information content (AvgIpc) is 2.90. The van der Waals surface area contributed by atoms with Gasteiger partial charge in [-0.2, -0.15) is 0 Å². The SMILES string of the molecule is O=C(NCCN1CCCC1)c1cc(Br)c(Br)s1. The van der Waals surface area contributed by atoms with Gasteiger partial charge in [0.1, 0.15) is 0 Å². The Morgan fingerprint density at radius 1 is 1.41 bits per heavy atom. The fraction of sp³-hybridized carbons (Fsp3) is 0.545. The predicted molar refractivity (Wildman–Crippen MR) is 77.7 cm³/mol. The van der Waals surface area contributed by atoms with Crippen molar-refractivity contribution in [1.29, 1.82) is 0 Å². The lowest BCUT2D eigenvalue weighted by atomic mass is 10.4. The summed E-state index contributed by atoms with van der Waals surface area (Å²) in [6.07, 6.45) is 2.58. The van der Waals surface area contributed by atoms with Crippen molar-refractivity contribution in [3.8, 4) is 0 Å². The molecule has 1 fully saturated rings. The number of halogens is 2. The molecule has 0 aromatic carbocycles. The molecular formula is C11H14Br2N2OS. The van der Waals surface area contributed by atoms with Crippen LogP contribution >= 0.6 is 43.2 Å². The summed E-state index contributed by atoms with van der Waals surface area (Å²) in [4.78, 5) is 15.0. The van der Waals surface area contributed by atoms with Crippen molar-refractivity contribution >= 4 is 49.1 Å². The molecule has 1 aliphatic rings. The van der Waals surface area contributed by atoms with Crippen LogP contribution in [0.5, 0.6) is 0 Å². The summed E-state index contributed by atoms with van der Waals surface area (Å²) in [6.45, 7) is 4.03. The molecule has 3 nitrogen and oxygen atoms in total. The molecule has 0 saturated carbocycles. The molecule has 2 rings (SSSR count). The van der Waals surface area contributed by atoms with Crippen LogP contribution in [0.2, 0.25) is 0 Å². The molecule has 1 aliphatic heterocycles. The van der Waals surface area contributed by atoms with Crippen molar-refractivity contribution in [3.05, 3.63) is 19.2 Å². The molecule has 0 bridgehead atoms. The second-order valence-electron chi connectivity index (χ2n) is 4.04. The Morgan fingerprint density at radius 2 is 2.12 bits per heavy atom. The second kappa shape index (κ2) is 6.31. The first-order valence-electron chi connectivity index (χ1n) is 5.62. The van der Waals surface area contributed by atoms with Crippen molar-refractivity contribution in [3.63, 3.8) is 0 Å². The Morgan fingerprint density at radius 3 is 2.71 bits per heavy atom. The molecule has 0 spiro atoms. The zero-order chi connectivity index (χ0) is 12.3. The molecule has 1 saturated heterocycles. The van der Waals surface area contributed by atoms with E-state index in [1.807, 2.05) is 6.07 Å². The van der Waals surface area contributed by atoms with E-state index in [0.717, 1.165) is 26.2 Å².